The van der Waals surface area contributed by atoms with Crippen molar-refractivity contribution in [2.45, 2.75) is 461 Å². The number of carbonyl (C=O) groups excluding carboxylic acids is 1. The highest BCUT2D eigenvalue weighted by atomic mass is 16.7. The molecule has 11 nitrogen and oxygen atoms in total. The Morgan fingerprint density at radius 2 is 0.659 bits per heavy atom. The average molecular weight is 1250 g/mol. The topological polar surface area (TPSA) is 189 Å². The van der Waals surface area contributed by atoms with Crippen LogP contribution < -0.4 is 5.32 Å². The highest BCUT2D eigenvalue weighted by Crippen LogP contribution is 2.24. The van der Waals surface area contributed by atoms with Gasteiger partial charge in [0.1, 0.15) is 36.6 Å². The molecule has 88 heavy (non-hydrogen) atoms. The first-order valence-corrected chi connectivity index (χ1v) is 39.1. The van der Waals surface area contributed by atoms with Gasteiger partial charge in [-0.2, -0.15) is 0 Å². The van der Waals surface area contributed by atoms with Crippen LogP contribution in [0.5, 0.6) is 0 Å². The second-order valence-corrected chi connectivity index (χ2v) is 27.8. The number of rotatable bonds is 70. The Labute approximate surface area is 544 Å². The Bertz CT molecular complexity index is 1440. The van der Waals surface area contributed by atoms with Gasteiger partial charge in [-0.3, -0.25) is 4.79 Å². The summed E-state index contributed by atoms with van der Waals surface area (Å²) in [4.78, 5) is 13.3. The quantitative estimate of drug-likeness (QED) is 0.0215. The van der Waals surface area contributed by atoms with Crippen molar-refractivity contribution in [3.8, 4) is 0 Å². The van der Waals surface area contributed by atoms with E-state index in [2.05, 4.69) is 31.3 Å². The Morgan fingerprint density at radius 1 is 0.386 bits per heavy atom. The van der Waals surface area contributed by atoms with Gasteiger partial charge in [0.05, 0.1) is 25.4 Å². The largest absolute Gasteiger partial charge is 0.394 e. The van der Waals surface area contributed by atoms with Crippen LogP contribution in [0, 0.1) is 0 Å². The van der Waals surface area contributed by atoms with Crippen molar-refractivity contribution in [3.63, 3.8) is 0 Å². The van der Waals surface area contributed by atoms with Gasteiger partial charge in [-0.25, -0.2) is 0 Å². The second kappa shape index (κ2) is 65.9. The molecule has 9 atom stereocenters. The number of hydrogen-bond acceptors (Lipinski definition) is 10. The maximum atomic E-state index is 13.3. The highest BCUT2D eigenvalue weighted by molar-refractivity contribution is 5.80. The zero-order valence-electron chi connectivity index (χ0n) is 58.3. The molecular formula is C77H151NO10. The van der Waals surface area contributed by atoms with Gasteiger partial charge < -0.3 is 50.5 Å². The number of allylic oxidation sites excluding steroid dienone is 2. The van der Waals surface area contributed by atoms with Gasteiger partial charge in [0.15, 0.2) is 6.29 Å². The lowest BCUT2D eigenvalue weighted by molar-refractivity contribution is -0.303. The summed E-state index contributed by atoms with van der Waals surface area (Å²) >= 11 is 0. The predicted molar refractivity (Wildman–Crippen MR) is 372 cm³/mol. The minimum Gasteiger partial charge on any atom is -0.394 e. The van der Waals surface area contributed by atoms with Crippen molar-refractivity contribution < 1.29 is 50.0 Å². The maximum absolute atomic E-state index is 13.3. The molecule has 8 N–H and O–H groups in total. The van der Waals surface area contributed by atoms with Crippen LogP contribution in [-0.4, -0.2) is 110 Å². The molecule has 1 aliphatic rings. The summed E-state index contributed by atoms with van der Waals surface area (Å²) in [7, 11) is 0. The molecule has 0 bridgehead atoms. The summed E-state index contributed by atoms with van der Waals surface area (Å²) in [6.45, 7) is 3.54. The molecule has 0 aromatic rings. The number of carbonyl (C=O) groups is 1. The molecular weight excluding hydrogens is 1100 g/mol. The molecule has 0 saturated carbocycles. The molecule has 1 aliphatic heterocycles. The Kier molecular flexibility index (Phi) is 63.5. The molecule has 1 rings (SSSR count). The van der Waals surface area contributed by atoms with E-state index in [0.29, 0.717) is 19.3 Å². The van der Waals surface area contributed by atoms with E-state index >= 15 is 0 Å². The summed E-state index contributed by atoms with van der Waals surface area (Å²) in [5, 5.41) is 76.7. The lowest BCUT2D eigenvalue weighted by Crippen LogP contribution is -2.60. The molecule has 1 heterocycles. The first-order valence-electron chi connectivity index (χ1n) is 39.1. The monoisotopic (exact) mass is 1250 g/mol. The third-order valence-corrected chi connectivity index (χ3v) is 19.3. The number of aliphatic hydroxyl groups is 7. The van der Waals surface area contributed by atoms with Crippen LogP contribution in [0.2, 0.25) is 0 Å². The van der Waals surface area contributed by atoms with Crippen LogP contribution in [-0.2, 0) is 14.3 Å². The molecule has 0 aromatic carbocycles. The van der Waals surface area contributed by atoms with Gasteiger partial charge in [0.2, 0.25) is 5.91 Å². The van der Waals surface area contributed by atoms with Gasteiger partial charge >= 0.3 is 0 Å². The van der Waals surface area contributed by atoms with Crippen LogP contribution in [0.4, 0.5) is 0 Å². The van der Waals surface area contributed by atoms with Gasteiger partial charge in [-0.1, -0.05) is 379 Å². The standard InChI is InChI=1S/C77H151NO10/c1-3-5-7-9-11-13-15-17-19-21-23-25-27-29-31-33-34-35-37-39-41-43-45-47-49-51-53-55-57-59-61-63-65-70(81)76(86)78-68(67-87-77-75(85)74(84)73(83)71(66-79)88-77)72(82)69(80)64-62-60-58-56-54-52-50-48-46-44-42-40-38-36-32-30-28-26-24-22-20-18-16-14-12-10-8-6-4-2/h29,31,68-75,77,79-85H,3-28,30,32-67H2,1-2H3,(H,78,86)/b31-29-. The maximum Gasteiger partial charge on any atom is 0.249 e. The van der Waals surface area contributed by atoms with Gasteiger partial charge in [0, 0.05) is 0 Å². The summed E-state index contributed by atoms with van der Waals surface area (Å²) in [5.41, 5.74) is 0. The molecule has 1 fully saturated rings. The molecule has 1 amide bonds. The van der Waals surface area contributed by atoms with Gasteiger partial charge in [-0.15, -0.1) is 0 Å². The fourth-order valence-electron chi connectivity index (χ4n) is 13.1. The molecule has 0 spiro atoms. The Hall–Kier alpha value is -1.15. The highest BCUT2D eigenvalue weighted by Gasteiger charge is 2.44. The van der Waals surface area contributed by atoms with Crippen molar-refractivity contribution in [2.24, 2.45) is 0 Å². The zero-order valence-corrected chi connectivity index (χ0v) is 58.3. The van der Waals surface area contributed by atoms with Crippen LogP contribution in [0.1, 0.15) is 406 Å². The predicted octanol–water partition coefficient (Wildman–Crippen LogP) is 19.8. The molecule has 11 heteroatoms. The number of ether oxygens (including phenoxy) is 2. The lowest BCUT2D eigenvalue weighted by atomic mass is 9.98. The number of unbranched alkanes of at least 4 members (excludes halogenated alkanes) is 56. The van der Waals surface area contributed by atoms with Crippen molar-refractivity contribution in [3.05, 3.63) is 12.2 Å². The van der Waals surface area contributed by atoms with Crippen LogP contribution in [0.3, 0.4) is 0 Å². The zero-order chi connectivity index (χ0) is 63.9. The second-order valence-electron chi connectivity index (χ2n) is 27.8. The first-order chi connectivity index (χ1) is 43.2. The van der Waals surface area contributed by atoms with Crippen molar-refractivity contribution in [2.75, 3.05) is 13.2 Å². The van der Waals surface area contributed by atoms with E-state index in [1.165, 1.54) is 327 Å². The lowest BCUT2D eigenvalue weighted by Gasteiger charge is -2.40. The SMILES string of the molecule is CCCCCCCCCCCCCC/C=C\CCCCCCCCCCCCCCCCCCC(O)C(=O)NC(COC1OC(CO)C(O)C(O)C1O)C(O)C(O)CCCCCCCCCCCCCCCCCCCCCCCCCCCCCCC. The van der Waals surface area contributed by atoms with E-state index in [0.717, 1.165) is 38.5 Å². The van der Waals surface area contributed by atoms with Gasteiger partial charge in [-0.05, 0) is 38.5 Å². The van der Waals surface area contributed by atoms with E-state index < -0.39 is 74.2 Å². The van der Waals surface area contributed by atoms with E-state index in [1.54, 1.807) is 0 Å². The molecule has 524 valence electrons. The number of hydrogen-bond donors (Lipinski definition) is 8. The number of amides is 1. The van der Waals surface area contributed by atoms with Gasteiger partial charge in [0.25, 0.3) is 0 Å². The van der Waals surface area contributed by atoms with E-state index in [9.17, 15) is 40.5 Å². The third-order valence-electron chi connectivity index (χ3n) is 19.3. The summed E-state index contributed by atoms with van der Waals surface area (Å²) < 4.78 is 11.2. The molecule has 0 aromatic heterocycles. The van der Waals surface area contributed by atoms with E-state index in [4.69, 9.17) is 9.47 Å². The first kappa shape index (κ1) is 84.9. The van der Waals surface area contributed by atoms with Crippen LogP contribution >= 0.6 is 0 Å². The van der Waals surface area contributed by atoms with Crippen molar-refractivity contribution in [1.29, 1.82) is 0 Å². The van der Waals surface area contributed by atoms with Crippen molar-refractivity contribution in [1.82, 2.24) is 5.32 Å². The Balaban J connectivity index is 2.14. The summed E-state index contributed by atoms with van der Waals surface area (Å²) in [6, 6.07) is -1.17. The molecule has 9 unspecified atom stereocenters. The smallest absolute Gasteiger partial charge is 0.249 e. The summed E-state index contributed by atoms with van der Waals surface area (Å²) in [5.74, 6) is -0.687. The average Bonchev–Trinajstić information content (AvgIpc) is 3.73. The van der Waals surface area contributed by atoms with E-state index in [1.807, 2.05) is 0 Å². The normalized spacial score (nSPS) is 18.6. The molecule has 0 aliphatic carbocycles. The third kappa shape index (κ3) is 52.3. The van der Waals surface area contributed by atoms with Crippen LogP contribution in [0.25, 0.3) is 0 Å². The van der Waals surface area contributed by atoms with Crippen molar-refractivity contribution >= 4 is 5.91 Å². The molecule has 1 saturated heterocycles. The Morgan fingerprint density at radius 3 is 0.955 bits per heavy atom. The summed E-state index contributed by atoms with van der Waals surface area (Å²) in [6.07, 6.45) is 71.7. The fraction of sp³-hybridized carbons (Fsp3) is 0.961. The number of nitrogens with one attached hydrogen (secondary N) is 1. The van der Waals surface area contributed by atoms with E-state index in [-0.39, 0.29) is 6.42 Å². The number of aliphatic hydroxyl groups excluding tert-OH is 7. The van der Waals surface area contributed by atoms with Crippen LogP contribution in [0.15, 0.2) is 12.2 Å². The minimum absolute atomic E-state index is 0.265. The fourth-order valence-corrected chi connectivity index (χ4v) is 13.1. The minimum atomic E-state index is -1.66. The molecule has 0 radical (unpaired) electrons.